The van der Waals surface area contributed by atoms with E-state index in [9.17, 15) is 4.79 Å². The maximum Gasteiger partial charge on any atom is 0.247 e. The van der Waals surface area contributed by atoms with Crippen molar-refractivity contribution in [3.63, 3.8) is 0 Å². The van der Waals surface area contributed by atoms with Crippen molar-refractivity contribution < 1.29 is 18.7 Å². The number of aromatic nitrogens is 4. The number of aryl methyl sites for hydroxylation is 1. The number of ether oxygens (including phenoxy) is 2. The van der Waals surface area contributed by atoms with Gasteiger partial charge in [0.2, 0.25) is 11.8 Å². The minimum Gasteiger partial charge on any atom is -0.489 e. The molecule has 212 valence electrons. The molecule has 1 aliphatic rings. The number of pyridine rings is 1. The van der Waals surface area contributed by atoms with E-state index in [-0.39, 0.29) is 17.5 Å². The average molecular weight is 566 g/mol. The SMILES string of the molecule is C=CC(=O)Nc1cccc(N2CCn3c2c(-c2ccc(Oc4cccc(C)n4)c(F)c2)c2c(N)ncnc23)c1OCC. The number of halogens is 1. The Morgan fingerprint density at radius 1 is 1.17 bits per heavy atom. The van der Waals surface area contributed by atoms with Gasteiger partial charge in [0.15, 0.2) is 17.3 Å². The zero-order valence-electron chi connectivity index (χ0n) is 23.1. The summed E-state index contributed by atoms with van der Waals surface area (Å²) >= 11 is 0. The number of hydrogen-bond donors (Lipinski definition) is 2. The van der Waals surface area contributed by atoms with Crippen LogP contribution in [0.1, 0.15) is 12.6 Å². The molecule has 2 aromatic carbocycles. The van der Waals surface area contributed by atoms with Crippen LogP contribution in [-0.4, -0.2) is 38.6 Å². The topological polar surface area (TPSA) is 120 Å². The predicted molar refractivity (Wildman–Crippen MR) is 160 cm³/mol. The van der Waals surface area contributed by atoms with E-state index in [1.807, 2.05) is 36.6 Å². The van der Waals surface area contributed by atoms with Crippen molar-refractivity contribution in [2.45, 2.75) is 20.4 Å². The monoisotopic (exact) mass is 565 g/mol. The Bertz CT molecular complexity index is 1850. The van der Waals surface area contributed by atoms with Crippen molar-refractivity contribution in [3.8, 4) is 28.5 Å². The second-order valence-electron chi connectivity index (χ2n) is 9.60. The summed E-state index contributed by atoms with van der Waals surface area (Å²) in [5.41, 5.74) is 10.3. The lowest BCUT2D eigenvalue weighted by molar-refractivity contribution is -0.111. The molecule has 3 N–H and O–H groups in total. The zero-order valence-corrected chi connectivity index (χ0v) is 23.1. The predicted octanol–water partition coefficient (Wildman–Crippen LogP) is 5.99. The van der Waals surface area contributed by atoms with E-state index in [0.717, 1.165) is 17.2 Å². The third kappa shape index (κ3) is 4.64. The van der Waals surface area contributed by atoms with E-state index in [2.05, 4.69) is 31.7 Å². The van der Waals surface area contributed by atoms with Gasteiger partial charge in [0, 0.05) is 30.4 Å². The number of rotatable bonds is 8. The van der Waals surface area contributed by atoms with Gasteiger partial charge in [-0.25, -0.2) is 19.3 Å². The molecule has 0 atom stereocenters. The fourth-order valence-electron chi connectivity index (χ4n) is 5.23. The number of fused-ring (bicyclic) bond motifs is 3. The van der Waals surface area contributed by atoms with Gasteiger partial charge in [-0.3, -0.25) is 4.79 Å². The molecule has 1 aliphatic heterocycles. The molecule has 5 aromatic rings. The minimum atomic E-state index is -0.562. The van der Waals surface area contributed by atoms with Crippen LogP contribution >= 0.6 is 0 Å². The number of nitrogens with two attached hydrogens (primary N) is 1. The number of amides is 1. The summed E-state index contributed by atoms with van der Waals surface area (Å²) in [5.74, 6) is 0.950. The van der Waals surface area contributed by atoms with Gasteiger partial charge >= 0.3 is 0 Å². The van der Waals surface area contributed by atoms with Crippen LogP contribution in [0.5, 0.6) is 17.4 Å². The van der Waals surface area contributed by atoms with Gasteiger partial charge in [-0.1, -0.05) is 24.8 Å². The van der Waals surface area contributed by atoms with Crippen LogP contribution in [0.4, 0.5) is 27.4 Å². The highest BCUT2D eigenvalue weighted by Gasteiger charge is 2.33. The number of para-hydroxylation sites is 1. The molecule has 1 amide bonds. The molecule has 11 heteroatoms. The highest BCUT2D eigenvalue weighted by molar-refractivity contribution is 6.09. The lowest BCUT2D eigenvalue weighted by Crippen LogP contribution is -2.17. The summed E-state index contributed by atoms with van der Waals surface area (Å²) in [7, 11) is 0. The summed E-state index contributed by atoms with van der Waals surface area (Å²) in [6, 6.07) is 15.6. The average Bonchev–Trinajstić information content (AvgIpc) is 3.54. The largest absolute Gasteiger partial charge is 0.489 e. The minimum absolute atomic E-state index is 0.0439. The first-order valence-electron chi connectivity index (χ1n) is 13.4. The molecule has 0 bridgehead atoms. The van der Waals surface area contributed by atoms with Crippen molar-refractivity contribution in [1.82, 2.24) is 19.5 Å². The number of carbonyl (C=O) groups is 1. The van der Waals surface area contributed by atoms with Gasteiger partial charge in [-0.05, 0) is 55.8 Å². The Hall–Kier alpha value is -5.45. The Balaban J connectivity index is 1.51. The third-order valence-electron chi connectivity index (χ3n) is 6.96. The zero-order chi connectivity index (χ0) is 29.4. The number of anilines is 4. The number of nitrogens with zero attached hydrogens (tertiary/aromatic N) is 5. The molecule has 0 radical (unpaired) electrons. The van der Waals surface area contributed by atoms with E-state index in [4.69, 9.17) is 15.2 Å². The lowest BCUT2D eigenvalue weighted by Gasteiger charge is -2.24. The summed E-state index contributed by atoms with van der Waals surface area (Å²) in [6.07, 6.45) is 2.62. The Labute approximate surface area is 241 Å². The van der Waals surface area contributed by atoms with Crippen LogP contribution in [0, 0.1) is 12.7 Å². The van der Waals surface area contributed by atoms with E-state index in [0.29, 0.717) is 59.2 Å². The Kier molecular flexibility index (Phi) is 6.91. The highest BCUT2D eigenvalue weighted by Crippen LogP contribution is 2.50. The van der Waals surface area contributed by atoms with Crippen LogP contribution in [-0.2, 0) is 11.3 Å². The Morgan fingerprint density at radius 2 is 2.00 bits per heavy atom. The Morgan fingerprint density at radius 3 is 2.76 bits per heavy atom. The van der Waals surface area contributed by atoms with E-state index in [1.165, 1.54) is 18.5 Å². The van der Waals surface area contributed by atoms with Gasteiger partial charge in [0.1, 0.15) is 23.6 Å². The normalized spacial score (nSPS) is 12.3. The summed E-state index contributed by atoms with van der Waals surface area (Å²) in [6.45, 7) is 8.78. The fourth-order valence-corrected chi connectivity index (χ4v) is 5.23. The quantitative estimate of drug-likeness (QED) is 0.220. The van der Waals surface area contributed by atoms with E-state index in [1.54, 1.807) is 30.3 Å². The molecule has 0 saturated carbocycles. The molecule has 0 spiro atoms. The molecule has 6 rings (SSSR count). The maximum atomic E-state index is 15.6. The number of benzene rings is 2. The molecule has 3 aromatic heterocycles. The van der Waals surface area contributed by atoms with Crippen molar-refractivity contribution >= 4 is 40.0 Å². The van der Waals surface area contributed by atoms with Crippen LogP contribution in [0.15, 0.2) is 73.6 Å². The van der Waals surface area contributed by atoms with E-state index < -0.39 is 5.82 Å². The first kappa shape index (κ1) is 26.8. The van der Waals surface area contributed by atoms with Gasteiger partial charge in [-0.15, -0.1) is 0 Å². The molecule has 10 nitrogen and oxygen atoms in total. The van der Waals surface area contributed by atoms with Gasteiger partial charge in [-0.2, -0.15) is 0 Å². The molecule has 0 aliphatic carbocycles. The molecule has 4 heterocycles. The second kappa shape index (κ2) is 10.8. The highest BCUT2D eigenvalue weighted by atomic mass is 19.1. The fraction of sp³-hybridized carbons (Fsp3) is 0.161. The standard InChI is InChI=1S/C31H28FN7O3/c1-4-24(40)37-21-9-7-10-22(28(21)41-5-2)38-14-15-39-30-27(29(33)34-17-35-30)26(31(38)39)19-12-13-23(20(32)16-19)42-25-11-6-8-18(3)36-25/h4,6-13,16-17H,1,5,14-15H2,2-3H3,(H,37,40)(H2,33,34,35). The molecule has 0 unspecified atom stereocenters. The number of hydrogen-bond acceptors (Lipinski definition) is 8. The molecular formula is C31H28FN7O3. The van der Waals surface area contributed by atoms with Crippen LogP contribution in [0.2, 0.25) is 0 Å². The van der Waals surface area contributed by atoms with Crippen molar-refractivity contribution in [1.29, 1.82) is 0 Å². The van der Waals surface area contributed by atoms with Crippen molar-refractivity contribution in [2.75, 3.05) is 29.1 Å². The molecule has 0 fully saturated rings. The van der Waals surface area contributed by atoms with Crippen LogP contribution < -0.4 is 25.4 Å². The summed E-state index contributed by atoms with van der Waals surface area (Å²) in [5, 5.41) is 3.44. The summed E-state index contributed by atoms with van der Waals surface area (Å²) < 4.78 is 29.4. The first-order chi connectivity index (χ1) is 20.4. The lowest BCUT2D eigenvalue weighted by atomic mass is 10.0. The van der Waals surface area contributed by atoms with Gasteiger partial charge in [0.25, 0.3) is 0 Å². The third-order valence-corrected chi connectivity index (χ3v) is 6.96. The number of nitrogen functional groups attached to an aromatic ring is 1. The smallest absolute Gasteiger partial charge is 0.247 e. The van der Waals surface area contributed by atoms with Gasteiger partial charge in [0.05, 0.1) is 23.4 Å². The molecule has 0 saturated heterocycles. The second-order valence-corrected chi connectivity index (χ2v) is 9.60. The van der Waals surface area contributed by atoms with Gasteiger partial charge < -0.3 is 30.0 Å². The van der Waals surface area contributed by atoms with Crippen molar-refractivity contribution in [2.24, 2.45) is 0 Å². The maximum absolute atomic E-state index is 15.6. The molecular weight excluding hydrogens is 537 g/mol. The van der Waals surface area contributed by atoms with E-state index >= 15 is 4.39 Å². The first-order valence-corrected chi connectivity index (χ1v) is 13.4. The van der Waals surface area contributed by atoms with Crippen molar-refractivity contribution in [3.05, 3.63) is 85.1 Å². The number of carbonyl (C=O) groups excluding carboxylic acids is 1. The summed E-state index contributed by atoms with van der Waals surface area (Å²) in [4.78, 5) is 27.3. The molecule has 42 heavy (non-hydrogen) atoms. The van der Waals surface area contributed by atoms with Crippen LogP contribution in [0.3, 0.4) is 0 Å². The van der Waals surface area contributed by atoms with Crippen LogP contribution in [0.25, 0.3) is 22.2 Å². The number of nitrogens with one attached hydrogen (secondary N) is 1.